The maximum atomic E-state index is 12.3. The Morgan fingerprint density at radius 2 is 1.62 bits per heavy atom. The van der Waals surface area contributed by atoms with E-state index in [1.165, 1.54) is 5.56 Å². The van der Waals surface area contributed by atoms with Crippen molar-refractivity contribution in [3.63, 3.8) is 0 Å². The molecule has 0 spiro atoms. The lowest BCUT2D eigenvalue weighted by molar-refractivity contribution is -0.140. The molecule has 2 N–H and O–H groups in total. The van der Waals surface area contributed by atoms with E-state index in [2.05, 4.69) is 12.1 Å². The zero-order chi connectivity index (χ0) is 17.5. The number of nitrogens with two attached hydrogens (primary N) is 1. The minimum Gasteiger partial charge on any atom is -0.339 e. The molecule has 1 aliphatic rings. The zero-order valence-electron chi connectivity index (χ0n) is 14.8. The molecule has 0 saturated carbocycles. The molecule has 2 rings (SSSR count). The van der Waals surface area contributed by atoms with Gasteiger partial charge in [0.1, 0.15) is 0 Å². The lowest BCUT2D eigenvalue weighted by Gasteiger charge is -2.36. The highest BCUT2D eigenvalue weighted by molar-refractivity contribution is 5.82. The highest BCUT2D eigenvalue weighted by Crippen LogP contribution is 2.11. The van der Waals surface area contributed by atoms with Crippen LogP contribution in [0.1, 0.15) is 32.3 Å². The maximum Gasteiger partial charge on any atom is 0.239 e. The van der Waals surface area contributed by atoms with Crippen molar-refractivity contribution in [1.82, 2.24) is 9.80 Å². The first-order valence-electron chi connectivity index (χ1n) is 8.85. The fraction of sp³-hybridized carbons (Fsp3) is 0.579. The van der Waals surface area contributed by atoms with E-state index in [9.17, 15) is 9.59 Å². The number of benzene rings is 1. The number of nitrogens with zero attached hydrogens (tertiary/aromatic N) is 2. The van der Waals surface area contributed by atoms with Crippen molar-refractivity contribution in [1.29, 1.82) is 0 Å². The summed E-state index contributed by atoms with van der Waals surface area (Å²) < 4.78 is 0. The summed E-state index contributed by atoms with van der Waals surface area (Å²) in [6, 6.07) is 9.78. The fourth-order valence-corrected chi connectivity index (χ4v) is 2.92. The van der Waals surface area contributed by atoms with Gasteiger partial charge in [0.15, 0.2) is 0 Å². The Hall–Kier alpha value is -1.88. The van der Waals surface area contributed by atoms with E-state index < -0.39 is 6.04 Å². The summed E-state index contributed by atoms with van der Waals surface area (Å²) in [4.78, 5) is 28.2. The predicted octanol–water partition coefficient (Wildman–Crippen LogP) is 1.66. The first-order chi connectivity index (χ1) is 11.5. The van der Waals surface area contributed by atoms with Gasteiger partial charge in [-0.25, -0.2) is 0 Å². The number of carbonyl (C=O) groups excluding carboxylic acids is 2. The third-order valence-corrected chi connectivity index (χ3v) is 4.65. The molecular formula is C19H29N3O2. The Labute approximate surface area is 144 Å². The van der Waals surface area contributed by atoms with Crippen LogP contribution in [0.15, 0.2) is 30.3 Å². The van der Waals surface area contributed by atoms with E-state index in [0.29, 0.717) is 32.6 Å². The molecule has 5 heteroatoms. The highest BCUT2D eigenvalue weighted by atomic mass is 16.2. The Morgan fingerprint density at radius 1 is 1.04 bits per heavy atom. The second-order valence-electron chi connectivity index (χ2n) is 6.82. The van der Waals surface area contributed by atoms with Gasteiger partial charge in [-0.1, -0.05) is 44.2 Å². The minimum absolute atomic E-state index is 0.00109. The molecule has 132 valence electrons. The lowest BCUT2D eigenvalue weighted by atomic mass is 10.0. The van der Waals surface area contributed by atoms with Crippen LogP contribution >= 0.6 is 0 Å². The molecule has 1 heterocycles. The van der Waals surface area contributed by atoms with Gasteiger partial charge in [-0.15, -0.1) is 0 Å². The third kappa shape index (κ3) is 5.06. The Bertz CT molecular complexity index is 537. The van der Waals surface area contributed by atoms with Gasteiger partial charge in [-0.2, -0.15) is 0 Å². The highest BCUT2D eigenvalue weighted by Gasteiger charge is 2.28. The van der Waals surface area contributed by atoms with Gasteiger partial charge in [-0.3, -0.25) is 9.59 Å². The normalized spacial score (nSPS) is 16.3. The van der Waals surface area contributed by atoms with Crippen LogP contribution in [-0.4, -0.2) is 53.8 Å². The molecule has 2 amide bonds. The van der Waals surface area contributed by atoms with Gasteiger partial charge in [-0.05, 0) is 24.3 Å². The molecule has 0 aromatic heterocycles. The molecule has 0 radical (unpaired) electrons. The Balaban J connectivity index is 1.71. The van der Waals surface area contributed by atoms with Crippen LogP contribution in [0, 0.1) is 5.92 Å². The fourth-order valence-electron chi connectivity index (χ4n) is 2.92. The summed E-state index contributed by atoms with van der Waals surface area (Å²) in [5.41, 5.74) is 7.20. The van der Waals surface area contributed by atoms with Crippen LogP contribution < -0.4 is 5.73 Å². The molecule has 1 aliphatic heterocycles. The molecule has 0 aliphatic carbocycles. The van der Waals surface area contributed by atoms with Gasteiger partial charge in [0.2, 0.25) is 11.8 Å². The molecule has 1 aromatic rings. The molecule has 24 heavy (non-hydrogen) atoms. The number of rotatable bonds is 6. The smallest absolute Gasteiger partial charge is 0.239 e. The lowest BCUT2D eigenvalue weighted by Crippen LogP contribution is -2.55. The van der Waals surface area contributed by atoms with Crippen LogP contribution in [0.3, 0.4) is 0 Å². The average molecular weight is 331 g/mol. The van der Waals surface area contributed by atoms with Crippen LogP contribution in [0.5, 0.6) is 0 Å². The number of amides is 2. The van der Waals surface area contributed by atoms with Crippen molar-refractivity contribution < 1.29 is 9.59 Å². The molecule has 1 atom stereocenters. The summed E-state index contributed by atoms with van der Waals surface area (Å²) in [6.07, 6.45) is 2.35. The number of carbonyl (C=O) groups is 2. The van der Waals surface area contributed by atoms with Gasteiger partial charge in [0, 0.05) is 32.6 Å². The van der Waals surface area contributed by atoms with Crippen LogP contribution in [0.25, 0.3) is 0 Å². The van der Waals surface area contributed by atoms with E-state index in [-0.39, 0.29) is 17.7 Å². The van der Waals surface area contributed by atoms with Crippen LogP contribution in [0.2, 0.25) is 0 Å². The SMILES string of the molecule is CC(C)[C@H](N)C(=O)N1CCN(C(=O)CCCc2ccccc2)CC1. The van der Waals surface area contributed by atoms with E-state index in [1.54, 1.807) is 4.90 Å². The first-order valence-corrected chi connectivity index (χ1v) is 8.85. The second kappa shape index (κ2) is 8.83. The number of hydrogen-bond donors (Lipinski definition) is 1. The van der Waals surface area contributed by atoms with Crippen LogP contribution in [0.4, 0.5) is 0 Å². The Morgan fingerprint density at radius 3 is 2.21 bits per heavy atom. The molecule has 0 unspecified atom stereocenters. The molecular weight excluding hydrogens is 302 g/mol. The second-order valence-corrected chi connectivity index (χ2v) is 6.82. The molecule has 1 saturated heterocycles. The quantitative estimate of drug-likeness (QED) is 0.862. The van der Waals surface area contributed by atoms with Crippen molar-refractivity contribution >= 4 is 11.8 Å². The molecule has 1 fully saturated rings. The van der Waals surface area contributed by atoms with E-state index in [0.717, 1.165) is 12.8 Å². The van der Waals surface area contributed by atoms with Gasteiger partial charge in [0.25, 0.3) is 0 Å². The van der Waals surface area contributed by atoms with Gasteiger partial charge < -0.3 is 15.5 Å². The molecule has 5 nitrogen and oxygen atoms in total. The topological polar surface area (TPSA) is 66.6 Å². The zero-order valence-corrected chi connectivity index (χ0v) is 14.8. The van der Waals surface area contributed by atoms with E-state index >= 15 is 0 Å². The first kappa shape index (κ1) is 18.5. The van der Waals surface area contributed by atoms with E-state index in [1.807, 2.05) is 36.9 Å². The Kier molecular flexibility index (Phi) is 6.79. The minimum atomic E-state index is -0.446. The summed E-state index contributed by atoms with van der Waals surface area (Å²) in [5.74, 6) is 0.322. The van der Waals surface area contributed by atoms with Crippen molar-refractivity contribution in [2.45, 2.75) is 39.2 Å². The van der Waals surface area contributed by atoms with Crippen molar-refractivity contribution in [3.8, 4) is 0 Å². The van der Waals surface area contributed by atoms with Crippen molar-refractivity contribution in [2.75, 3.05) is 26.2 Å². The number of piperazine rings is 1. The van der Waals surface area contributed by atoms with Gasteiger partial charge in [0.05, 0.1) is 6.04 Å². The summed E-state index contributed by atoms with van der Waals surface area (Å²) >= 11 is 0. The predicted molar refractivity (Wildman–Crippen MR) is 95.4 cm³/mol. The van der Waals surface area contributed by atoms with Crippen molar-refractivity contribution in [2.24, 2.45) is 11.7 Å². The summed E-state index contributed by atoms with van der Waals surface area (Å²) in [6.45, 7) is 6.30. The standard InChI is InChI=1S/C19H29N3O2/c1-15(2)18(20)19(24)22-13-11-21(12-14-22)17(23)10-6-9-16-7-4-3-5-8-16/h3-5,7-8,15,18H,6,9-14,20H2,1-2H3/t18-/m0/s1. The maximum absolute atomic E-state index is 12.3. The molecule has 1 aromatic carbocycles. The monoisotopic (exact) mass is 331 g/mol. The summed E-state index contributed by atoms with van der Waals surface area (Å²) in [7, 11) is 0. The summed E-state index contributed by atoms with van der Waals surface area (Å²) in [5, 5.41) is 0. The van der Waals surface area contributed by atoms with Gasteiger partial charge >= 0.3 is 0 Å². The average Bonchev–Trinajstić information content (AvgIpc) is 2.61. The number of hydrogen-bond acceptors (Lipinski definition) is 3. The largest absolute Gasteiger partial charge is 0.339 e. The number of aryl methyl sites for hydroxylation is 1. The third-order valence-electron chi connectivity index (χ3n) is 4.65. The van der Waals surface area contributed by atoms with E-state index in [4.69, 9.17) is 5.73 Å². The van der Waals surface area contributed by atoms with Crippen LogP contribution in [-0.2, 0) is 16.0 Å². The van der Waals surface area contributed by atoms with Crippen molar-refractivity contribution in [3.05, 3.63) is 35.9 Å². The molecule has 0 bridgehead atoms.